The van der Waals surface area contributed by atoms with Gasteiger partial charge in [-0.25, -0.2) is 13.2 Å². The number of ether oxygens (including phenoxy) is 1. The zero-order valence-corrected chi connectivity index (χ0v) is 17.2. The van der Waals surface area contributed by atoms with E-state index in [0.717, 1.165) is 12.5 Å². The summed E-state index contributed by atoms with van der Waals surface area (Å²) in [6.45, 7) is 3.78. The third-order valence-corrected chi connectivity index (χ3v) is 5.75. The quantitative estimate of drug-likeness (QED) is 0.663. The fourth-order valence-corrected chi connectivity index (χ4v) is 3.62. The van der Waals surface area contributed by atoms with Gasteiger partial charge in [0.05, 0.1) is 33.8 Å². The van der Waals surface area contributed by atoms with E-state index in [1.165, 1.54) is 31.4 Å². The van der Waals surface area contributed by atoms with E-state index in [1.54, 1.807) is 12.1 Å². The highest BCUT2D eigenvalue weighted by molar-refractivity contribution is 7.92. The Balaban J connectivity index is 2.38. The second kappa shape index (κ2) is 9.07. The van der Waals surface area contributed by atoms with Crippen molar-refractivity contribution in [2.24, 2.45) is 0 Å². The van der Waals surface area contributed by atoms with Gasteiger partial charge in [-0.05, 0) is 43.7 Å². The molecule has 0 fully saturated rings. The van der Waals surface area contributed by atoms with E-state index >= 15 is 0 Å². The van der Waals surface area contributed by atoms with Gasteiger partial charge in [-0.3, -0.25) is 9.52 Å². The molecular formula is C19H21ClN2O5S. The number of esters is 1. The first-order valence-corrected chi connectivity index (χ1v) is 10.4. The molecule has 2 aromatic rings. The maximum absolute atomic E-state index is 12.8. The maximum Gasteiger partial charge on any atom is 0.339 e. The van der Waals surface area contributed by atoms with Crippen LogP contribution in [0.5, 0.6) is 0 Å². The molecule has 9 heteroatoms. The highest BCUT2D eigenvalue weighted by atomic mass is 35.5. The Morgan fingerprint density at radius 3 is 2.46 bits per heavy atom. The molecule has 0 unspecified atom stereocenters. The summed E-state index contributed by atoms with van der Waals surface area (Å²) in [5.74, 6) is -1.14. The van der Waals surface area contributed by atoms with Gasteiger partial charge in [0.25, 0.3) is 15.9 Å². The average Bonchev–Trinajstić information content (AvgIpc) is 2.67. The number of carbonyl (C=O) groups is 2. The molecule has 0 aliphatic heterocycles. The van der Waals surface area contributed by atoms with Crippen LogP contribution in [0, 0.1) is 0 Å². The van der Waals surface area contributed by atoms with Crippen LogP contribution in [0.25, 0.3) is 0 Å². The van der Waals surface area contributed by atoms with Gasteiger partial charge in [0.15, 0.2) is 0 Å². The molecule has 28 heavy (non-hydrogen) atoms. The number of hydrogen-bond donors (Lipinski definition) is 2. The van der Waals surface area contributed by atoms with Crippen LogP contribution in [0.1, 0.15) is 41.0 Å². The van der Waals surface area contributed by atoms with E-state index in [1.807, 2.05) is 13.8 Å². The second-order valence-corrected chi connectivity index (χ2v) is 8.16. The Morgan fingerprint density at radius 1 is 1.14 bits per heavy atom. The fourth-order valence-electron chi connectivity index (χ4n) is 2.32. The molecule has 2 aromatic carbocycles. The summed E-state index contributed by atoms with van der Waals surface area (Å²) >= 11 is 5.94. The van der Waals surface area contributed by atoms with Crippen LogP contribution >= 0.6 is 11.6 Å². The van der Waals surface area contributed by atoms with E-state index in [9.17, 15) is 18.0 Å². The lowest BCUT2D eigenvalue weighted by molar-refractivity contribution is 0.0600. The number of halogens is 1. The number of sulfonamides is 1. The van der Waals surface area contributed by atoms with Crippen LogP contribution in [-0.4, -0.2) is 33.4 Å². The summed E-state index contributed by atoms with van der Waals surface area (Å²) in [5.41, 5.74) is 0.237. The predicted octanol–water partition coefficient (Wildman–Crippen LogP) is 3.46. The molecule has 0 radical (unpaired) electrons. The van der Waals surface area contributed by atoms with Gasteiger partial charge in [0.1, 0.15) is 0 Å². The SMILES string of the molecule is CC[C@@H](C)NC(=O)c1ccccc1NS(=O)(=O)c1ccc(Cl)c(C(=O)OC)c1. The van der Waals surface area contributed by atoms with Crippen LogP contribution in [0.15, 0.2) is 47.4 Å². The number of anilines is 1. The Labute approximate surface area is 169 Å². The highest BCUT2D eigenvalue weighted by Gasteiger charge is 2.22. The maximum atomic E-state index is 12.8. The molecule has 0 heterocycles. The largest absolute Gasteiger partial charge is 0.465 e. The zero-order valence-electron chi connectivity index (χ0n) is 15.7. The Hall–Kier alpha value is -2.58. The van der Waals surface area contributed by atoms with Gasteiger partial charge in [0, 0.05) is 6.04 Å². The second-order valence-electron chi connectivity index (χ2n) is 6.07. The van der Waals surface area contributed by atoms with Gasteiger partial charge < -0.3 is 10.1 Å². The van der Waals surface area contributed by atoms with Gasteiger partial charge in [0.2, 0.25) is 0 Å². The summed E-state index contributed by atoms with van der Waals surface area (Å²) in [7, 11) is -2.91. The first-order chi connectivity index (χ1) is 13.2. The first-order valence-electron chi connectivity index (χ1n) is 8.50. The molecule has 0 spiro atoms. The molecule has 0 saturated carbocycles. The number of hydrogen-bond acceptors (Lipinski definition) is 5. The smallest absolute Gasteiger partial charge is 0.339 e. The predicted molar refractivity (Wildman–Crippen MR) is 107 cm³/mol. The number of para-hydroxylation sites is 1. The third-order valence-electron chi connectivity index (χ3n) is 4.06. The lowest BCUT2D eigenvalue weighted by Gasteiger charge is -2.15. The van der Waals surface area contributed by atoms with Crippen molar-refractivity contribution in [3.8, 4) is 0 Å². The van der Waals surface area contributed by atoms with Crippen molar-refractivity contribution in [2.45, 2.75) is 31.2 Å². The van der Waals surface area contributed by atoms with Gasteiger partial charge >= 0.3 is 5.97 Å². The van der Waals surface area contributed by atoms with Crippen LogP contribution in [0.2, 0.25) is 5.02 Å². The number of carbonyl (C=O) groups excluding carboxylic acids is 2. The van der Waals surface area contributed by atoms with Crippen molar-refractivity contribution < 1.29 is 22.7 Å². The van der Waals surface area contributed by atoms with Crippen LogP contribution < -0.4 is 10.0 Å². The summed E-state index contributed by atoms with van der Waals surface area (Å²) in [4.78, 5) is 24.0. The number of nitrogens with one attached hydrogen (secondary N) is 2. The zero-order chi connectivity index (χ0) is 20.9. The molecule has 1 atom stereocenters. The van der Waals surface area contributed by atoms with Gasteiger partial charge in [-0.1, -0.05) is 30.7 Å². The van der Waals surface area contributed by atoms with E-state index in [0.29, 0.717) is 0 Å². The van der Waals surface area contributed by atoms with E-state index in [4.69, 9.17) is 11.6 Å². The molecule has 0 aromatic heterocycles. The summed E-state index contributed by atoms with van der Waals surface area (Å²) in [5, 5.41) is 2.87. The fraction of sp³-hybridized carbons (Fsp3) is 0.263. The van der Waals surface area contributed by atoms with Crippen molar-refractivity contribution >= 4 is 39.2 Å². The molecular weight excluding hydrogens is 404 g/mol. The molecule has 2 N–H and O–H groups in total. The van der Waals surface area contributed by atoms with Crippen molar-refractivity contribution in [2.75, 3.05) is 11.8 Å². The number of amides is 1. The Kier molecular flexibility index (Phi) is 7.04. The van der Waals surface area contributed by atoms with Crippen LogP contribution in [0.4, 0.5) is 5.69 Å². The molecule has 0 bridgehead atoms. The molecule has 7 nitrogen and oxygen atoms in total. The summed E-state index contributed by atoms with van der Waals surface area (Å²) in [6.07, 6.45) is 0.737. The minimum atomic E-state index is -4.08. The number of benzene rings is 2. The molecule has 1 amide bonds. The van der Waals surface area contributed by atoms with Crippen molar-refractivity contribution in [3.05, 3.63) is 58.6 Å². The van der Waals surface area contributed by atoms with Crippen LogP contribution in [0.3, 0.4) is 0 Å². The molecule has 0 aliphatic carbocycles. The van der Waals surface area contributed by atoms with Crippen molar-refractivity contribution in [3.63, 3.8) is 0 Å². The van der Waals surface area contributed by atoms with E-state index in [2.05, 4.69) is 14.8 Å². The lowest BCUT2D eigenvalue weighted by atomic mass is 10.1. The monoisotopic (exact) mass is 424 g/mol. The number of rotatable bonds is 7. The van der Waals surface area contributed by atoms with Crippen molar-refractivity contribution in [1.82, 2.24) is 5.32 Å². The molecule has 2 rings (SSSR count). The average molecular weight is 425 g/mol. The van der Waals surface area contributed by atoms with Crippen molar-refractivity contribution in [1.29, 1.82) is 0 Å². The minimum absolute atomic E-state index is 0.0592. The highest BCUT2D eigenvalue weighted by Crippen LogP contribution is 2.24. The summed E-state index contributed by atoms with van der Waals surface area (Å²) in [6, 6.07) is 9.88. The Bertz CT molecular complexity index is 992. The summed E-state index contributed by atoms with van der Waals surface area (Å²) < 4.78 is 32.6. The van der Waals surface area contributed by atoms with Crippen LogP contribution in [-0.2, 0) is 14.8 Å². The minimum Gasteiger partial charge on any atom is -0.465 e. The molecule has 0 saturated heterocycles. The number of methoxy groups -OCH3 is 1. The molecule has 0 aliphatic rings. The Morgan fingerprint density at radius 2 is 1.82 bits per heavy atom. The standard InChI is InChI=1S/C19H21ClN2O5S/c1-4-12(2)21-18(23)14-7-5-6-8-17(14)22-28(25,26)13-9-10-16(20)15(11-13)19(24)27-3/h5-12,22H,4H2,1-3H3,(H,21,23)/t12-/m1/s1. The molecule has 150 valence electrons. The van der Waals surface area contributed by atoms with E-state index < -0.39 is 16.0 Å². The topological polar surface area (TPSA) is 102 Å². The van der Waals surface area contributed by atoms with Gasteiger partial charge in [-0.15, -0.1) is 0 Å². The van der Waals surface area contributed by atoms with Gasteiger partial charge in [-0.2, -0.15) is 0 Å². The van der Waals surface area contributed by atoms with E-state index in [-0.39, 0.29) is 38.7 Å². The lowest BCUT2D eigenvalue weighted by Crippen LogP contribution is -2.32. The first kappa shape index (κ1) is 21.7. The normalized spacial score (nSPS) is 12.1. The third kappa shape index (κ3) is 5.02.